The molecule has 0 aliphatic carbocycles. The summed E-state index contributed by atoms with van der Waals surface area (Å²) in [5.74, 6) is 0.455. The molecule has 4 heteroatoms. The third-order valence-corrected chi connectivity index (χ3v) is 3.57. The van der Waals surface area contributed by atoms with Crippen LogP contribution in [0.3, 0.4) is 0 Å². The van der Waals surface area contributed by atoms with Crippen molar-refractivity contribution in [1.29, 1.82) is 0 Å². The molecule has 0 saturated heterocycles. The van der Waals surface area contributed by atoms with E-state index in [2.05, 4.69) is 0 Å². The third-order valence-electron chi connectivity index (χ3n) is 3.57. The molecule has 0 atom stereocenters. The highest BCUT2D eigenvalue weighted by atomic mass is 16.6. The van der Waals surface area contributed by atoms with E-state index >= 15 is 0 Å². The van der Waals surface area contributed by atoms with Crippen molar-refractivity contribution in [2.45, 2.75) is 6.92 Å². The standard InChI is InChI=1S/C20H16O4/c1-14(21)15-6-9-18(10-7-15)24-20(22)13-23-19-11-8-16-4-2-3-5-17(16)12-19/h2-12H,13H2,1H3. The van der Waals surface area contributed by atoms with Crippen molar-refractivity contribution < 1.29 is 19.1 Å². The van der Waals surface area contributed by atoms with Crippen LogP contribution in [0, 0.1) is 0 Å². The largest absolute Gasteiger partial charge is 0.482 e. The number of ether oxygens (including phenoxy) is 2. The van der Waals surface area contributed by atoms with E-state index in [0.717, 1.165) is 10.8 Å². The van der Waals surface area contributed by atoms with E-state index in [0.29, 0.717) is 17.1 Å². The number of rotatable bonds is 5. The zero-order valence-electron chi connectivity index (χ0n) is 13.2. The Morgan fingerprint density at radius 2 is 1.50 bits per heavy atom. The molecule has 0 aliphatic rings. The van der Waals surface area contributed by atoms with E-state index in [4.69, 9.17) is 9.47 Å². The first kappa shape index (κ1) is 15.7. The lowest BCUT2D eigenvalue weighted by molar-refractivity contribution is -0.136. The SMILES string of the molecule is CC(=O)c1ccc(OC(=O)COc2ccc3ccccc3c2)cc1. The quantitative estimate of drug-likeness (QED) is 0.405. The molecule has 0 N–H and O–H groups in total. The lowest BCUT2D eigenvalue weighted by Gasteiger charge is -2.08. The molecule has 120 valence electrons. The average Bonchev–Trinajstić information content (AvgIpc) is 2.60. The molecule has 0 saturated carbocycles. The highest BCUT2D eigenvalue weighted by molar-refractivity contribution is 5.94. The highest BCUT2D eigenvalue weighted by Crippen LogP contribution is 2.20. The molecule has 0 aromatic heterocycles. The number of esters is 1. The molecule has 0 unspecified atom stereocenters. The van der Waals surface area contributed by atoms with Crippen LogP contribution in [0.15, 0.2) is 66.7 Å². The van der Waals surface area contributed by atoms with Gasteiger partial charge in [-0.1, -0.05) is 30.3 Å². The zero-order valence-corrected chi connectivity index (χ0v) is 13.2. The van der Waals surface area contributed by atoms with Crippen molar-refractivity contribution in [3.05, 3.63) is 72.3 Å². The maximum absolute atomic E-state index is 11.9. The minimum atomic E-state index is -0.501. The molecule has 3 rings (SSSR count). The summed E-state index contributed by atoms with van der Waals surface area (Å²) >= 11 is 0. The van der Waals surface area contributed by atoms with Crippen LogP contribution in [0.25, 0.3) is 10.8 Å². The van der Waals surface area contributed by atoms with Crippen molar-refractivity contribution in [2.75, 3.05) is 6.61 Å². The Kier molecular flexibility index (Phi) is 4.57. The normalized spacial score (nSPS) is 10.4. The van der Waals surface area contributed by atoms with Crippen molar-refractivity contribution in [1.82, 2.24) is 0 Å². The number of hydrogen-bond donors (Lipinski definition) is 0. The molecule has 0 bridgehead atoms. The van der Waals surface area contributed by atoms with Gasteiger partial charge in [-0.25, -0.2) is 4.79 Å². The summed E-state index contributed by atoms with van der Waals surface area (Å²) < 4.78 is 10.7. The topological polar surface area (TPSA) is 52.6 Å². The molecule has 0 aliphatic heterocycles. The van der Waals surface area contributed by atoms with Gasteiger partial charge in [0.2, 0.25) is 0 Å². The van der Waals surface area contributed by atoms with E-state index in [1.54, 1.807) is 24.3 Å². The van der Waals surface area contributed by atoms with Gasteiger partial charge in [0.25, 0.3) is 0 Å². The molecular weight excluding hydrogens is 304 g/mol. The Morgan fingerprint density at radius 3 is 2.21 bits per heavy atom. The van der Waals surface area contributed by atoms with E-state index < -0.39 is 5.97 Å². The predicted molar refractivity (Wildman–Crippen MR) is 91.5 cm³/mol. The number of carbonyl (C=O) groups is 2. The molecule has 0 spiro atoms. The lowest BCUT2D eigenvalue weighted by atomic mass is 10.1. The first-order chi connectivity index (χ1) is 11.6. The van der Waals surface area contributed by atoms with Gasteiger partial charge >= 0.3 is 5.97 Å². The molecule has 3 aromatic rings. The summed E-state index contributed by atoms with van der Waals surface area (Å²) in [5.41, 5.74) is 0.571. The number of ketones is 1. The Bertz CT molecular complexity index is 882. The minimum Gasteiger partial charge on any atom is -0.482 e. The van der Waals surface area contributed by atoms with Gasteiger partial charge in [-0.3, -0.25) is 4.79 Å². The van der Waals surface area contributed by atoms with E-state index in [1.807, 2.05) is 42.5 Å². The van der Waals surface area contributed by atoms with Crippen molar-refractivity contribution >= 4 is 22.5 Å². The molecule has 0 fully saturated rings. The fraction of sp³-hybridized carbons (Fsp3) is 0.100. The Balaban J connectivity index is 1.59. The molecule has 24 heavy (non-hydrogen) atoms. The van der Waals surface area contributed by atoms with E-state index in [9.17, 15) is 9.59 Å². The van der Waals surface area contributed by atoms with Gasteiger partial charge in [0.15, 0.2) is 12.4 Å². The maximum Gasteiger partial charge on any atom is 0.349 e. The Hall–Kier alpha value is -3.14. The highest BCUT2D eigenvalue weighted by Gasteiger charge is 2.07. The van der Waals surface area contributed by atoms with Crippen molar-refractivity contribution in [3.8, 4) is 11.5 Å². The van der Waals surface area contributed by atoms with E-state index in [-0.39, 0.29) is 12.4 Å². The predicted octanol–water partition coefficient (Wildman–Crippen LogP) is 4.03. The van der Waals surface area contributed by atoms with Gasteiger partial charge in [0.05, 0.1) is 0 Å². The van der Waals surface area contributed by atoms with Crippen LogP contribution < -0.4 is 9.47 Å². The Morgan fingerprint density at radius 1 is 0.833 bits per heavy atom. The first-order valence-corrected chi connectivity index (χ1v) is 7.55. The molecule has 0 radical (unpaired) electrons. The summed E-state index contributed by atoms with van der Waals surface area (Å²) in [6.45, 7) is 1.30. The number of hydrogen-bond acceptors (Lipinski definition) is 4. The summed E-state index contributed by atoms with van der Waals surface area (Å²) in [6.07, 6.45) is 0. The van der Waals surface area contributed by atoms with Gasteiger partial charge in [0.1, 0.15) is 11.5 Å². The maximum atomic E-state index is 11.9. The van der Waals surface area contributed by atoms with Crippen LogP contribution >= 0.6 is 0 Å². The minimum absolute atomic E-state index is 0.0347. The van der Waals surface area contributed by atoms with E-state index in [1.165, 1.54) is 6.92 Å². The fourth-order valence-electron chi connectivity index (χ4n) is 2.32. The summed E-state index contributed by atoms with van der Waals surface area (Å²) in [4.78, 5) is 23.1. The van der Waals surface area contributed by atoms with Crippen LogP contribution in [-0.2, 0) is 4.79 Å². The molecular formula is C20H16O4. The first-order valence-electron chi connectivity index (χ1n) is 7.55. The molecule has 0 heterocycles. The Labute approximate surface area is 139 Å². The van der Waals surface area contributed by atoms with Crippen LogP contribution in [0.5, 0.6) is 11.5 Å². The number of benzene rings is 3. The second-order valence-electron chi connectivity index (χ2n) is 5.35. The van der Waals surface area contributed by atoms with Crippen molar-refractivity contribution in [2.24, 2.45) is 0 Å². The second-order valence-corrected chi connectivity index (χ2v) is 5.35. The van der Waals surface area contributed by atoms with Gasteiger partial charge < -0.3 is 9.47 Å². The molecule has 0 amide bonds. The van der Waals surface area contributed by atoms with Crippen LogP contribution in [0.4, 0.5) is 0 Å². The lowest BCUT2D eigenvalue weighted by Crippen LogP contribution is -2.17. The smallest absolute Gasteiger partial charge is 0.349 e. The zero-order chi connectivity index (χ0) is 16.9. The van der Waals surface area contributed by atoms with Gasteiger partial charge in [-0.2, -0.15) is 0 Å². The summed E-state index contributed by atoms with van der Waals surface area (Å²) in [6, 6.07) is 20.0. The van der Waals surface area contributed by atoms with Crippen LogP contribution in [-0.4, -0.2) is 18.4 Å². The van der Waals surface area contributed by atoms with Gasteiger partial charge in [-0.05, 0) is 54.1 Å². The van der Waals surface area contributed by atoms with Crippen molar-refractivity contribution in [3.63, 3.8) is 0 Å². The molecule has 3 aromatic carbocycles. The number of carbonyl (C=O) groups excluding carboxylic acids is 2. The second kappa shape index (κ2) is 6.96. The number of fused-ring (bicyclic) bond motifs is 1. The summed E-state index contributed by atoms with van der Waals surface area (Å²) in [5, 5.41) is 2.15. The van der Waals surface area contributed by atoms with Crippen LogP contribution in [0.1, 0.15) is 17.3 Å². The van der Waals surface area contributed by atoms with Crippen LogP contribution in [0.2, 0.25) is 0 Å². The monoisotopic (exact) mass is 320 g/mol. The molecule has 4 nitrogen and oxygen atoms in total. The fourth-order valence-corrected chi connectivity index (χ4v) is 2.32. The van der Waals surface area contributed by atoms with Gasteiger partial charge in [0, 0.05) is 5.56 Å². The summed E-state index contributed by atoms with van der Waals surface area (Å²) in [7, 11) is 0. The number of Topliss-reactive ketones (excluding diaryl/α,β-unsaturated/α-hetero) is 1. The van der Waals surface area contributed by atoms with Gasteiger partial charge in [-0.15, -0.1) is 0 Å². The average molecular weight is 320 g/mol. The third kappa shape index (κ3) is 3.79.